The van der Waals surface area contributed by atoms with Crippen LogP contribution in [-0.2, 0) is 21.4 Å². The molecule has 1 amide bonds. The fourth-order valence-electron chi connectivity index (χ4n) is 3.86. The molecule has 2 aromatic carbocycles. The normalized spacial score (nSPS) is 12.3. The summed E-state index contributed by atoms with van der Waals surface area (Å²) in [5, 5.41) is 3.31. The van der Waals surface area contributed by atoms with Crippen LogP contribution in [0.25, 0.3) is 10.9 Å². The van der Waals surface area contributed by atoms with Gasteiger partial charge in [0.2, 0.25) is 11.9 Å². The largest absolute Gasteiger partial charge is 0.325 e. The molecule has 0 aliphatic rings. The van der Waals surface area contributed by atoms with Crippen LogP contribution in [0.3, 0.4) is 0 Å². The van der Waals surface area contributed by atoms with Gasteiger partial charge in [0.25, 0.3) is 15.6 Å². The Labute approximate surface area is 225 Å². The summed E-state index contributed by atoms with van der Waals surface area (Å²) < 4.78 is 29.5. The van der Waals surface area contributed by atoms with E-state index in [1.165, 1.54) is 36.0 Å². The Morgan fingerprint density at radius 1 is 1.00 bits per heavy atom. The standard InChI is InChI=1S/C26H28N6O4S2/c1-5-22(37-26-30-21-10-8-7-9-20(21)24(34)32(26)6-2)23(33)29-18-11-13-19(14-12-18)38(35,36)31-25-27-16(3)15-17(4)28-25/h7-15,22H,5-6H2,1-4H3,(H,29,33)(H,27,28,31). The van der Waals surface area contributed by atoms with E-state index in [9.17, 15) is 18.0 Å². The number of thioether (sulfide) groups is 1. The highest BCUT2D eigenvalue weighted by atomic mass is 32.2. The molecule has 0 aliphatic heterocycles. The van der Waals surface area contributed by atoms with E-state index in [4.69, 9.17) is 0 Å². The van der Waals surface area contributed by atoms with E-state index in [1.807, 2.05) is 19.9 Å². The SMILES string of the molecule is CCC(Sc1nc2ccccc2c(=O)n1CC)C(=O)Nc1ccc(S(=O)(=O)Nc2nc(C)cc(C)n2)cc1. The Morgan fingerprint density at radius 3 is 2.29 bits per heavy atom. The molecular formula is C26H28N6O4S2. The minimum absolute atomic E-state index is 0.00412. The van der Waals surface area contributed by atoms with Gasteiger partial charge in [0, 0.05) is 23.6 Å². The van der Waals surface area contributed by atoms with Crippen LogP contribution >= 0.6 is 11.8 Å². The summed E-state index contributed by atoms with van der Waals surface area (Å²) in [6.45, 7) is 7.67. The fourth-order valence-corrected chi connectivity index (χ4v) is 5.88. The lowest BCUT2D eigenvalue weighted by Crippen LogP contribution is -2.28. The van der Waals surface area contributed by atoms with Crippen LogP contribution in [0.4, 0.5) is 11.6 Å². The third-order valence-corrected chi connectivity index (χ3v) is 8.39. The lowest BCUT2D eigenvalue weighted by molar-refractivity contribution is -0.115. The molecule has 2 aromatic heterocycles. The monoisotopic (exact) mass is 552 g/mol. The minimum Gasteiger partial charge on any atom is -0.325 e. The third kappa shape index (κ3) is 6.03. The molecule has 10 nitrogen and oxygen atoms in total. The lowest BCUT2D eigenvalue weighted by atomic mass is 10.2. The molecule has 2 N–H and O–H groups in total. The van der Waals surface area contributed by atoms with Gasteiger partial charge in [0.1, 0.15) is 0 Å². The molecule has 1 unspecified atom stereocenters. The zero-order valence-electron chi connectivity index (χ0n) is 21.4. The van der Waals surface area contributed by atoms with Crippen LogP contribution in [0.2, 0.25) is 0 Å². The van der Waals surface area contributed by atoms with E-state index in [1.54, 1.807) is 42.7 Å². The van der Waals surface area contributed by atoms with Gasteiger partial charge in [-0.1, -0.05) is 30.8 Å². The molecule has 0 fully saturated rings. The number of amides is 1. The molecule has 0 bridgehead atoms. The first kappa shape index (κ1) is 27.3. The van der Waals surface area contributed by atoms with Gasteiger partial charge in [-0.15, -0.1) is 0 Å². The number of nitrogens with zero attached hydrogens (tertiary/aromatic N) is 4. The maximum Gasteiger partial charge on any atom is 0.264 e. The van der Waals surface area contributed by atoms with Gasteiger partial charge in [0.15, 0.2) is 5.16 Å². The quantitative estimate of drug-likeness (QED) is 0.234. The van der Waals surface area contributed by atoms with Gasteiger partial charge in [-0.3, -0.25) is 14.2 Å². The Kier molecular flexibility index (Phi) is 8.12. The molecule has 4 aromatic rings. The number of sulfonamides is 1. The second-order valence-electron chi connectivity index (χ2n) is 8.57. The summed E-state index contributed by atoms with van der Waals surface area (Å²) in [4.78, 5) is 38.9. The number of aryl methyl sites for hydroxylation is 2. The van der Waals surface area contributed by atoms with E-state index in [-0.39, 0.29) is 22.3 Å². The van der Waals surface area contributed by atoms with Gasteiger partial charge in [-0.05, 0) is 69.7 Å². The number of benzene rings is 2. The van der Waals surface area contributed by atoms with Crippen LogP contribution in [0.1, 0.15) is 31.7 Å². The number of nitrogens with one attached hydrogen (secondary N) is 2. The van der Waals surface area contributed by atoms with E-state index in [0.29, 0.717) is 46.1 Å². The van der Waals surface area contributed by atoms with Crippen molar-refractivity contribution in [2.75, 3.05) is 10.0 Å². The Bertz CT molecular complexity index is 1630. The van der Waals surface area contributed by atoms with Gasteiger partial charge >= 0.3 is 0 Å². The van der Waals surface area contributed by atoms with Crippen molar-refractivity contribution in [1.82, 2.24) is 19.5 Å². The average molecular weight is 553 g/mol. The van der Waals surface area contributed by atoms with Crippen molar-refractivity contribution < 1.29 is 13.2 Å². The van der Waals surface area contributed by atoms with Gasteiger partial charge in [-0.2, -0.15) is 0 Å². The Morgan fingerprint density at radius 2 is 1.66 bits per heavy atom. The maximum atomic E-state index is 13.1. The molecule has 0 saturated carbocycles. The predicted molar refractivity (Wildman–Crippen MR) is 149 cm³/mol. The second kappa shape index (κ2) is 11.3. The van der Waals surface area contributed by atoms with E-state index < -0.39 is 15.3 Å². The fraction of sp³-hybridized carbons (Fsp3) is 0.269. The van der Waals surface area contributed by atoms with Crippen LogP contribution < -0.4 is 15.6 Å². The highest BCUT2D eigenvalue weighted by Gasteiger charge is 2.22. The average Bonchev–Trinajstić information content (AvgIpc) is 2.87. The number of carbonyl (C=O) groups excluding carboxylic acids is 1. The number of anilines is 2. The summed E-state index contributed by atoms with van der Waals surface area (Å²) in [6.07, 6.45) is 0.495. The maximum absolute atomic E-state index is 13.1. The third-order valence-electron chi connectivity index (χ3n) is 5.69. The van der Waals surface area contributed by atoms with Crippen molar-refractivity contribution >= 4 is 50.2 Å². The number of para-hydroxylation sites is 1. The van der Waals surface area contributed by atoms with Gasteiger partial charge in [-0.25, -0.2) is 28.1 Å². The Balaban J connectivity index is 1.49. The topological polar surface area (TPSA) is 136 Å². The first-order valence-corrected chi connectivity index (χ1v) is 14.4. The first-order valence-electron chi connectivity index (χ1n) is 12.0. The van der Waals surface area contributed by atoms with E-state index >= 15 is 0 Å². The van der Waals surface area contributed by atoms with Crippen LogP contribution in [0.5, 0.6) is 0 Å². The molecule has 0 saturated heterocycles. The zero-order valence-corrected chi connectivity index (χ0v) is 23.1. The second-order valence-corrected chi connectivity index (χ2v) is 11.4. The molecule has 2 heterocycles. The number of fused-ring (bicyclic) bond motifs is 1. The molecule has 38 heavy (non-hydrogen) atoms. The Hall–Kier alpha value is -3.77. The number of hydrogen-bond acceptors (Lipinski definition) is 8. The summed E-state index contributed by atoms with van der Waals surface area (Å²) in [5.41, 5.74) is 2.16. The summed E-state index contributed by atoms with van der Waals surface area (Å²) in [6, 6.07) is 14.7. The van der Waals surface area contributed by atoms with Crippen molar-refractivity contribution in [3.05, 3.63) is 76.3 Å². The van der Waals surface area contributed by atoms with E-state index in [2.05, 4.69) is 25.0 Å². The van der Waals surface area contributed by atoms with Crippen LogP contribution in [0.15, 0.2) is 69.4 Å². The lowest BCUT2D eigenvalue weighted by Gasteiger charge is -2.17. The van der Waals surface area contributed by atoms with Crippen molar-refractivity contribution in [2.45, 2.75) is 56.0 Å². The number of hydrogen-bond donors (Lipinski definition) is 2. The predicted octanol–water partition coefficient (Wildman–Crippen LogP) is 4.13. The summed E-state index contributed by atoms with van der Waals surface area (Å²) >= 11 is 1.23. The van der Waals surface area contributed by atoms with Crippen molar-refractivity contribution in [2.24, 2.45) is 0 Å². The van der Waals surface area contributed by atoms with Gasteiger partial charge in [0.05, 0.1) is 21.0 Å². The van der Waals surface area contributed by atoms with Crippen LogP contribution in [-0.4, -0.2) is 39.1 Å². The molecule has 1 atom stereocenters. The highest BCUT2D eigenvalue weighted by molar-refractivity contribution is 8.00. The van der Waals surface area contributed by atoms with Crippen molar-refractivity contribution in [3.8, 4) is 0 Å². The highest BCUT2D eigenvalue weighted by Crippen LogP contribution is 2.26. The first-order chi connectivity index (χ1) is 18.1. The van der Waals surface area contributed by atoms with E-state index in [0.717, 1.165) is 0 Å². The molecule has 0 spiro atoms. The molecule has 0 aliphatic carbocycles. The number of rotatable bonds is 9. The molecule has 198 valence electrons. The smallest absolute Gasteiger partial charge is 0.264 e. The summed E-state index contributed by atoms with van der Waals surface area (Å²) in [5.74, 6) is -0.282. The summed E-state index contributed by atoms with van der Waals surface area (Å²) in [7, 11) is -3.92. The molecule has 12 heteroatoms. The molecule has 4 rings (SSSR count). The van der Waals surface area contributed by atoms with Gasteiger partial charge < -0.3 is 5.32 Å². The van der Waals surface area contributed by atoms with Crippen LogP contribution in [0, 0.1) is 13.8 Å². The van der Waals surface area contributed by atoms with Crippen molar-refractivity contribution in [3.63, 3.8) is 0 Å². The number of carbonyl (C=O) groups is 1. The van der Waals surface area contributed by atoms with Crippen molar-refractivity contribution in [1.29, 1.82) is 0 Å². The zero-order chi connectivity index (χ0) is 27.4. The molecule has 0 radical (unpaired) electrons. The minimum atomic E-state index is -3.92. The molecular weight excluding hydrogens is 524 g/mol. The number of aromatic nitrogens is 4.